The minimum atomic E-state index is -0.152. The van der Waals surface area contributed by atoms with Crippen LogP contribution in [0, 0.1) is 5.92 Å². The van der Waals surface area contributed by atoms with Gasteiger partial charge in [-0.2, -0.15) is 0 Å². The highest BCUT2D eigenvalue weighted by molar-refractivity contribution is 5.97. The van der Waals surface area contributed by atoms with Crippen LogP contribution in [0.15, 0.2) is 18.2 Å². The summed E-state index contributed by atoms with van der Waals surface area (Å²) >= 11 is 0. The van der Waals surface area contributed by atoms with Crippen molar-refractivity contribution in [1.29, 1.82) is 0 Å². The standard InChI is InChI=1S/C16H22N2O3/c19-12-5-6-13(15(20)9-12)16(21)18-8-2-3-11(10-18)14-4-1-7-17-14/h5-6,9,11,14,17,19-20H,1-4,7-8,10H2. The summed E-state index contributed by atoms with van der Waals surface area (Å²) in [6, 6.07) is 4.67. The van der Waals surface area contributed by atoms with E-state index >= 15 is 0 Å². The number of carbonyl (C=O) groups excluding carboxylic acids is 1. The molecule has 114 valence electrons. The summed E-state index contributed by atoms with van der Waals surface area (Å²) in [5.41, 5.74) is 0.271. The monoisotopic (exact) mass is 290 g/mol. The zero-order chi connectivity index (χ0) is 14.8. The molecule has 2 saturated heterocycles. The fraction of sp³-hybridized carbons (Fsp3) is 0.562. The Kier molecular flexibility index (Phi) is 4.01. The first kappa shape index (κ1) is 14.2. The molecule has 2 heterocycles. The van der Waals surface area contributed by atoms with Crippen LogP contribution in [0.3, 0.4) is 0 Å². The molecule has 0 aromatic heterocycles. The Morgan fingerprint density at radius 2 is 2.10 bits per heavy atom. The van der Waals surface area contributed by atoms with Gasteiger partial charge >= 0.3 is 0 Å². The number of aromatic hydroxyl groups is 2. The molecule has 1 amide bonds. The molecule has 0 spiro atoms. The summed E-state index contributed by atoms with van der Waals surface area (Å²) in [5, 5.41) is 22.7. The van der Waals surface area contributed by atoms with Gasteiger partial charge in [-0.1, -0.05) is 0 Å². The average molecular weight is 290 g/mol. The number of benzene rings is 1. The maximum absolute atomic E-state index is 12.6. The van der Waals surface area contributed by atoms with Crippen LogP contribution in [0.25, 0.3) is 0 Å². The van der Waals surface area contributed by atoms with Gasteiger partial charge in [0.15, 0.2) is 0 Å². The molecule has 5 heteroatoms. The second-order valence-electron chi connectivity index (χ2n) is 6.06. The van der Waals surface area contributed by atoms with E-state index in [2.05, 4.69) is 5.32 Å². The van der Waals surface area contributed by atoms with E-state index in [1.165, 1.54) is 31.0 Å². The van der Waals surface area contributed by atoms with Gasteiger partial charge in [0.05, 0.1) is 5.56 Å². The molecule has 3 rings (SSSR count). The van der Waals surface area contributed by atoms with E-state index in [4.69, 9.17) is 0 Å². The number of piperidine rings is 1. The van der Waals surface area contributed by atoms with Crippen LogP contribution in [-0.4, -0.2) is 46.7 Å². The number of likely N-dealkylation sites (tertiary alicyclic amines) is 1. The van der Waals surface area contributed by atoms with Crippen molar-refractivity contribution >= 4 is 5.91 Å². The van der Waals surface area contributed by atoms with Crippen LogP contribution < -0.4 is 5.32 Å². The van der Waals surface area contributed by atoms with Crippen molar-refractivity contribution in [3.05, 3.63) is 23.8 Å². The molecule has 2 unspecified atom stereocenters. The van der Waals surface area contributed by atoms with Gasteiger partial charge in [0, 0.05) is 25.2 Å². The van der Waals surface area contributed by atoms with Gasteiger partial charge in [-0.25, -0.2) is 0 Å². The molecule has 0 aliphatic carbocycles. The minimum absolute atomic E-state index is 0.0317. The minimum Gasteiger partial charge on any atom is -0.508 e. The second kappa shape index (κ2) is 5.93. The van der Waals surface area contributed by atoms with Crippen LogP contribution in [0.4, 0.5) is 0 Å². The van der Waals surface area contributed by atoms with Crippen molar-refractivity contribution in [3.8, 4) is 11.5 Å². The van der Waals surface area contributed by atoms with Crippen molar-refractivity contribution in [1.82, 2.24) is 10.2 Å². The highest BCUT2D eigenvalue weighted by atomic mass is 16.3. The highest BCUT2D eigenvalue weighted by Crippen LogP contribution is 2.28. The van der Waals surface area contributed by atoms with E-state index < -0.39 is 0 Å². The van der Waals surface area contributed by atoms with E-state index in [0.29, 0.717) is 12.0 Å². The van der Waals surface area contributed by atoms with Crippen molar-refractivity contribution in [3.63, 3.8) is 0 Å². The number of rotatable bonds is 2. The molecule has 21 heavy (non-hydrogen) atoms. The smallest absolute Gasteiger partial charge is 0.257 e. The predicted molar refractivity (Wildman–Crippen MR) is 79.4 cm³/mol. The number of hydrogen-bond acceptors (Lipinski definition) is 4. The first-order chi connectivity index (χ1) is 10.1. The molecule has 1 aromatic carbocycles. The van der Waals surface area contributed by atoms with Gasteiger partial charge in [-0.3, -0.25) is 4.79 Å². The van der Waals surface area contributed by atoms with Crippen LogP contribution in [0.5, 0.6) is 11.5 Å². The van der Waals surface area contributed by atoms with Gasteiger partial charge in [-0.05, 0) is 50.3 Å². The Labute approximate surface area is 124 Å². The Balaban J connectivity index is 1.71. The summed E-state index contributed by atoms with van der Waals surface area (Å²) in [4.78, 5) is 14.4. The lowest BCUT2D eigenvalue weighted by atomic mass is 9.89. The van der Waals surface area contributed by atoms with Crippen molar-refractivity contribution in [2.45, 2.75) is 31.7 Å². The molecule has 0 radical (unpaired) electrons. The van der Waals surface area contributed by atoms with Crippen LogP contribution in [0.2, 0.25) is 0 Å². The molecule has 5 nitrogen and oxygen atoms in total. The Morgan fingerprint density at radius 1 is 1.24 bits per heavy atom. The quantitative estimate of drug-likeness (QED) is 0.775. The third-order valence-corrected chi connectivity index (χ3v) is 4.62. The normalized spacial score (nSPS) is 26.0. The maximum atomic E-state index is 12.6. The first-order valence-corrected chi connectivity index (χ1v) is 7.70. The Hall–Kier alpha value is -1.75. The number of phenolic OH excluding ortho intramolecular Hbond substituents is 2. The highest BCUT2D eigenvalue weighted by Gasteiger charge is 2.31. The molecule has 2 aliphatic rings. The molecule has 0 bridgehead atoms. The van der Waals surface area contributed by atoms with Crippen LogP contribution in [-0.2, 0) is 0 Å². The number of amides is 1. The van der Waals surface area contributed by atoms with Crippen molar-refractivity contribution in [2.24, 2.45) is 5.92 Å². The lowest BCUT2D eigenvalue weighted by Gasteiger charge is -2.36. The summed E-state index contributed by atoms with van der Waals surface area (Å²) in [5.74, 6) is 0.177. The van der Waals surface area contributed by atoms with Crippen molar-refractivity contribution < 1.29 is 15.0 Å². The van der Waals surface area contributed by atoms with Gasteiger partial charge in [0.25, 0.3) is 5.91 Å². The zero-order valence-corrected chi connectivity index (χ0v) is 12.1. The molecular formula is C16H22N2O3. The molecule has 2 fully saturated rings. The summed E-state index contributed by atoms with van der Waals surface area (Å²) in [6.45, 7) is 2.56. The molecular weight excluding hydrogens is 268 g/mol. The van der Waals surface area contributed by atoms with E-state index in [1.54, 1.807) is 0 Å². The van der Waals surface area contributed by atoms with E-state index in [-0.39, 0.29) is 23.0 Å². The second-order valence-corrected chi connectivity index (χ2v) is 6.06. The third kappa shape index (κ3) is 2.97. The van der Waals surface area contributed by atoms with E-state index in [9.17, 15) is 15.0 Å². The van der Waals surface area contributed by atoms with E-state index in [1.807, 2.05) is 4.90 Å². The number of phenols is 2. The predicted octanol–water partition coefficient (Wildman–Crippen LogP) is 1.70. The molecule has 1 aromatic rings. The number of hydrogen-bond donors (Lipinski definition) is 3. The van der Waals surface area contributed by atoms with Gasteiger partial charge in [0.1, 0.15) is 11.5 Å². The fourth-order valence-electron chi connectivity index (χ4n) is 3.51. The molecule has 3 N–H and O–H groups in total. The summed E-state index contributed by atoms with van der Waals surface area (Å²) < 4.78 is 0. The first-order valence-electron chi connectivity index (χ1n) is 7.70. The largest absolute Gasteiger partial charge is 0.508 e. The zero-order valence-electron chi connectivity index (χ0n) is 12.1. The Bertz CT molecular complexity index is 526. The fourth-order valence-corrected chi connectivity index (χ4v) is 3.51. The van der Waals surface area contributed by atoms with Crippen molar-refractivity contribution in [2.75, 3.05) is 19.6 Å². The topological polar surface area (TPSA) is 72.8 Å². The maximum Gasteiger partial charge on any atom is 0.257 e. The van der Waals surface area contributed by atoms with Gasteiger partial charge < -0.3 is 20.4 Å². The molecule has 2 aliphatic heterocycles. The average Bonchev–Trinajstić information content (AvgIpc) is 3.01. The molecule has 0 saturated carbocycles. The van der Waals surface area contributed by atoms with Crippen LogP contribution >= 0.6 is 0 Å². The number of nitrogens with zero attached hydrogens (tertiary/aromatic N) is 1. The SMILES string of the molecule is O=C(c1ccc(O)cc1O)N1CCCC(C2CCCN2)C1. The number of nitrogens with one attached hydrogen (secondary N) is 1. The number of carbonyl (C=O) groups is 1. The molecule has 2 atom stereocenters. The van der Waals surface area contributed by atoms with Crippen LogP contribution in [0.1, 0.15) is 36.0 Å². The Morgan fingerprint density at radius 3 is 2.81 bits per heavy atom. The van der Waals surface area contributed by atoms with Gasteiger partial charge in [-0.15, -0.1) is 0 Å². The summed E-state index contributed by atoms with van der Waals surface area (Å²) in [6.07, 6.45) is 4.57. The lowest BCUT2D eigenvalue weighted by Crippen LogP contribution is -2.45. The lowest BCUT2D eigenvalue weighted by molar-refractivity contribution is 0.0648. The van der Waals surface area contributed by atoms with Gasteiger partial charge in [0.2, 0.25) is 0 Å². The van der Waals surface area contributed by atoms with E-state index in [0.717, 1.165) is 32.5 Å². The summed E-state index contributed by atoms with van der Waals surface area (Å²) in [7, 11) is 0. The third-order valence-electron chi connectivity index (χ3n) is 4.62.